The number of rotatable bonds is 1. The lowest BCUT2D eigenvalue weighted by molar-refractivity contribution is -0.111. The van der Waals surface area contributed by atoms with Crippen molar-refractivity contribution in [2.45, 2.75) is 25.7 Å². The average Bonchev–Trinajstić information content (AvgIpc) is 2.46. The molecule has 1 saturated carbocycles. The Labute approximate surface area is 67.5 Å². The van der Waals surface area contributed by atoms with Gasteiger partial charge < -0.3 is 4.79 Å². The zero-order chi connectivity index (χ0) is 7.68. The molecule has 2 aliphatic carbocycles. The maximum absolute atomic E-state index is 10.5. The van der Waals surface area contributed by atoms with Crippen molar-refractivity contribution >= 4 is 6.29 Å². The standard InChI is InChI=1S/C10H14O/c11-7-8-5-9-3-1-2-4-10(9)6-8/h1-2,7-10H,3-6H2. The summed E-state index contributed by atoms with van der Waals surface area (Å²) in [4.78, 5) is 10.5. The van der Waals surface area contributed by atoms with Crippen molar-refractivity contribution in [1.82, 2.24) is 0 Å². The maximum Gasteiger partial charge on any atom is 0.123 e. The highest BCUT2D eigenvalue weighted by atomic mass is 16.1. The molecule has 1 heteroatoms. The van der Waals surface area contributed by atoms with Crippen LogP contribution >= 0.6 is 0 Å². The number of hydrogen-bond acceptors (Lipinski definition) is 1. The summed E-state index contributed by atoms with van der Waals surface area (Å²) in [5.74, 6) is 2.04. The van der Waals surface area contributed by atoms with Crippen molar-refractivity contribution < 1.29 is 4.79 Å². The SMILES string of the molecule is O=CC1CC2CC=CCC2C1. The summed E-state index contributed by atoms with van der Waals surface area (Å²) in [5.41, 5.74) is 0. The fourth-order valence-electron chi connectivity index (χ4n) is 2.49. The molecular formula is C10H14O. The molecule has 0 spiro atoms. The lowest BCUT2D eigenvalue weighted by Crippen LogP contribution is -2.08. The minimum Gasteiger partial charge on any atom is -0.303 e. The molecule has 2 aliphatic rings. The van der Waals surface area contributed by atoms with Crippen LogP contribution in [0.4, 0.5) is 0 Å². The van der Waals surface area contributed by atoms with Gasteiger partial charge >= 0.3 is 0 Å². The monoisotopic (exact) mass is 150 g/mol. The quantitative estimate of drug-likeness (QED) is 0.413. The van der Waals surface area contributed by atoms with Crippen LogP contribution in [0.25, 0.3) is 0 Å². The molecule has 0 aliphatic heterocycles. The summed E-state index contributed by atoms with van der Waals surface area (Å²) in [5, 5.41) is 0. The van der Waals surface area contributed by atoms with Crippen molar-refractivity contribution in [2.75, 3.05) is 0 Å². The molecule has 2 rings (SSSR count). The third-order valence-corrected chi connectivity index (χ3v) is 3.11. The number of fused-ring (bicyclic) bond motifs is 1. The fraction of sp³-hybridized carbons (Fsp3) is 0.700. The second kappa shape index (κ2) is 2.80. The van der Waals surface area contributed by atoms with Crippen LogP contribution in [0.2, 0.25) is 0 Å². The molecule has 0 aromatic carbocycles. The van der Waals surface area contributed by atoms with Gasteiger partial charge in [-0.3, -0.25) is 0 Å². The Balaban J connectivity index is 2.03. The first-order valence-corrected chi connectivity index (χ1v) is 4.50. The van der Waals surface area contributed by atoms with E-state index in [0.29, 0.717) is 5.92 Å². The molecule has 0 heterocycles. The van der Waals surface area contributed by atoms with Crippen molar-refractivity contribution in [3.8, 4) is 0 Å². The van der Waals surface area contributed by atoms with Crippen molar-refractivity contribution in [3.63, 3.8) is 0 Å². The first kappa shape index (κ1) is 7.08. The molecule has 1 fully saturated rings. The summed E-state index contributed by atoms with van der Waals surface area (Å²) in [6.45, 7) is 0. The third kappa shape index (κ3) is 1.24. The van der Waals surface area contributed by atoms with Gasteiger partial charge in [0.1, 0.15) is 6.29 Å². The molecule has 0 amide bonds. The van der Waals surface area contributed by atoms with Gasteiger partial charge in [-0.2, -0.15) is 0 Å². The maximum atomic E-state index is 10.5. The number of aldehydes is 1. The number of carbonyl (C=O) groups excluding carboxylic acids is 1. The van der Waals surface area contributed by atoms with E-state index in [4.69, 9.17) is 0 Å². The smallest absolute Gasteiger partial charge is 0.123 e. The Bertz CT molecular complexity index is 167. The van der Waals surface area contributed by atoms with Crippen LogP contribution in [0.1, 0.15) is 25.7 Å². The van der Waals surface area contributed by atoms with Crippen LogP contribution < -0.4 is 0 Å². The van der Waals surface area contributed by atoms with Crippen LogP contribution in [0.5, 0.6) is 0 Å². The van der Waals surface area contributed by atoms with E-state index in [9.17, 15) is 4.79 Å². The van der Waals surface area contributed by atoms with Crippen molar-refractivity contribution in [1.29, 1.82) is 0 Å². The molecule has 0 aromatic rings. The van der Waals surface area contributed by atoms with Gasteiger partial charge in [-0.25, -0.2) is 0 Å². The number of allylic oxidation sites excluding steroid dienone is 2. The highest BCUT2D eigenvalue weighted by Crippen LogP contribution is 2.41. The van der Waals surface area contributed by atoms with E-state index in [-0.39, 0.29) is 0 Å². The molecule has 2 unspecified atom stereocenters. The zero-order valence-corrected chi connectivity index (χ0v) is 6.70. The van der Waals surface area contributed by atoms with Gasteiger partial charge in [0.2, 0.25) is 0 Å². The van der Waals surface area contributed by atoms with Gasteiger partial charge in [0.15, 0.2) is 0 Å². The van der Waals surface area contributed by atoms with Gasteiger partial charge in [0, 0.05) is 5.92 Å². The van der Waals surface area contributed by atoms with Crippen LogP contribution in [0.15, 0.2) is 12.2 Å². The highest BCUT2D eigenvalue weighted by molar-refractivity contribution is 5.54. The van der Waals surface area contributed by atoms with Crippen LogP contribution in [0, 0.1) is 17.8 Å². The largest absolute Gasteiger partial charge is 0.303 e. The van der Waals surface area contributed by atoms with Crippen molar-refractivity contribution in [3.05, 3.63) is 12.2 Å². The van der Waals surface area contributed by atoms with Gasteiger partial charge in [-0.1, -0.05) is 12.2 Å². The Kier molecular flexibility index (Phi) is 1.80. The van der Waals surface area contributed by atoms with E-state index in [2.05, 4.69) is 12.2 Å². The summed E-state index contributed by atoms with van der Waals surface area (Å²) < 4.78 is 0. The second-order valence-corrected chi connectivity index (χ2v) is 3.83. The van der Waals surface area contributed by atoms with E-state index in [1.807, 2.05) is 0 Å². The summed E-state index contributed by atoms with van der Waals surface area (Å²) >= 11 is 0. The molecule has 0 N–H and O–H groups in total. The van der Waals surface area contributed by atoms with Crippen LogP contribution in [-0.4, -0.2) is 6.29 Å². The topological polar surface area (TPSA) is 17.1 Å². The van der Waals surface area contributed by atoms with E-state index in [0.717, 1.165) is 31.0 Å². The van der Waals surface area contributed by atoms with E-state index in [1.165, 1.54) is 12.8 Å². The Hall–Kier alpha value is -0.590. The lowest BCUT2D eigenvalue weighted by Gasteiger charge is -2.19. The van der Waals surface area contributed by atoms with E-state index >= 15 is 0 Å². The average molecular weight is 150 g/mol. The molecular weight excluding hydrogens is 136 g/mol. The molecule has 0 bridgehead atoms. The van der Waals surface area contributed by atoms with Gasteiger partial charge in [0.25, 0.3) is 0 Å². The Morgan fingerprint density at radius 2 is 1.64 bits per heavy atom. The molecule has 60 valence electrons. The first-order chi connectivity index (χ1) is 5.40. The second-order valence-electron chi connectivity index (χ2n) is 3.83. The van der Waals surface area contributed by atoms with Crippen LogP contribution in [-0.2, 0) is 4.79 Å². The molecule has 1 nitrogen and oxygen atoms in total. The molecule has 0 aromatic heterocycles. The summed E-state index contributed by atoms with van der Waals surface area (Å²) in [6, 6.07) is 0. The molecule has 0 radical (unpaired) electrons. The Morgan fingerprint density at radius 3 is 2.09 bits per heavy atom. The molecule has 2 atom stereocenters. The fourth-order valence-corrected chi connectivity index (χ4v) is 2.49. The van der Waals surface area contributed by atoms with E-state index < -0.39 is 0 Å². The lowest BCUT2D eigenvalue weighted by atomic mass is 9.86. The highest BCUT2D eigenvalue weighted by Gasteiger charge is 2.33. The normalized spacial score (nSPS) is 42.0. The van der Waals surface area contributed by atoms with E-state index in [1.54, 1.807) is 0 Å². The molecule has 0 saturated heterocycles. The summed E-state index contributed by atoms with van der Waals surface area (Å²) in [6.07, 6.45) is 10.4. The minimum atomic E-state index is 0.380. The van der Waals surface area contributed by atoms with Crippen molar-refractivity contribution in [2.24, 2.45) is 17.8 Å². The van der Waals surface area contributed by atoms with Gasteiger partial charge in [-0.15, -0.1) is 0 Å². The Morgan fingerprint density at radius 1 is 1.09 bits per heavy atom. The van der Waals surface area contributed by atoms with Crippen LogP contribution in [0.3, 0.4) is 0 Å². The first-order valence-electron chi connectivity index (χ1n) is 4.50. The summed E-state index contributed by atoms with van der Waals surface area (Å²) in [7, 11) is 0. The van der Waals surface area contributed by atoms with Gasteiger partial charge in [-0.05, 0) is 37.5 Å². The molecule has 11 heavy (non-hydrogen) atoms. The number of carbonyl (C=O) groups is 1. The zero-order valence-electron chi connectivity index (χ0n) is 6.70. The minimum absolute atomic E-state index is 0.380. The van der Waals surface area contributed by atoms with Gasteiger partial charge in [0.05, 0.1) is 0 Å². The third-order valence-electron chi connectivity index (χ3n) is 3.11. The predicted molar refractivity (Wildman–Crippen MR) is 44.1 cm³/mol. The predicted octanol–water partition coefficient (Wildman–Crippen LogP) is 2.18. The number of hydrogen-bond donors (Lipinski definition) is 0.